The predicted octanol–water partition coefficient (Wildman–Crippen LogP) is 3.76. The van der Waals surface area contributed by atoms with Crippen LogP contribution in [0.3, 0.4) is 0 Å². The van der Waals surface area contributed by atoms with Crippen LogP contribution in [0.4, 0.5) is 0 Å². The highest BCUT2D eigenvalue weighted by Crippen LogP contribution is 2.25. The van der Waals surface area contributed by atoms with Crippen molar-refractivity contribution in [3.63, 3.8) is 0 Å². The first-order valence-corrected chi connectivity index (χ1v) is 7.77. The van der Waals surface area contributed by atoms with Crippen molar-refractivity contribution in [2.75, 3.05) is 20.6 Å². The Morgan fingerprint density at radius 3 is 2.48 bits per heavy atom. The molecule has 5 heteroatoms. The molecule has 0 aliphatic carbocycles. The van der Waals surface area contributed by atoms with Crippen LogP contribution in [-0.4, -0.2) is 40.3 Å². The lowest BCUT2D eigenvalue weighted by atomic mass is 10.0. The molecule has 0 bridgehead atoms. The monoisotopic (exact) mass is 304 g/mol. The average molecular weight is 304 g/mol. The summed E-state index contributed by atoms with van der Waals surface area (Å²) in [5.41, 5.74) is 1.09. The molecule has 1 aromatic heterocycles. The van der Waals surface area contributed by atoms with Crippen LogP contribution in [0.1, 0.15) is 26.3 Å². The van der Waals surface area contributed by atoms with E-state index in [1.165, 1.54) is 0 Å². The summed E-state index contributed by atoms with van der Waals surface area (Å²) in [6.07, 6.45) is 1.08. The minimum Gasteiger partial charge on any atom is -0.307 e. The number of hydrogen-bond donors (Lipinski definition) is 1. The van der Waals surface area contributed by atoms with Crippen LogP contribution in [0, 0.1) is 10.7 Å². The first kappa shape index (κ1) is 15.9. The second kappa shape index (κ2) is 7.00. The Balaban J connectivity index is 2.45. The highest BCUT2D eigenvalue weighted by Gasteiger charge is 2.20. The fraction of sp³-hybridized carbons (Fsp3) is 0.500. The van der Waals surface area contributed by atoms with Crippen molar-refractivity contribution in [2.45, 2.75) is 26.3 Å². The van der Waals surface area contributed by atoms with Gasteiger partial charge in [0.2, 0.25) is 0 Å². The van der Waals surface area contributed by atoms with Crippen molar-refractivity contribution in [3.05, 3.63) is 35.1 Å². The fourth-order valence-corrected chi connectivity index (χ4v) is 2.94. The summed E-state index contributed by atoms with van der Waals surface area (Å²) >= 11 is 5.48. The predicted molar refractivity (Wildman–Crippen MR) is 89.9 cm³/mol. The molecule has 0 aliphatic rings. The molecule has 1 atom stereocenters. The minimum absolute atomic E-state index is 0.321. The highest BCUT2D eigenvalue weighted by molar-refractivity contribution is 7.71. The van der Waals surface area contributed by atoms with E-state index in [0.717, 1.165) is 24.4 Å². The average Bonchev–Trinajstić information content (AvgIpc) is 2.80. The zero-order valence-electron chi connectivity index (χ0n) is 13.2. The molecule has 1 unspecified atom stereocenters. The molecule has 21 heavy (non-hydrogen) atoms. The molecular weight excluding hydrogens is 280 g/mol. The molecule has 0 saturated heterocycles. The number of benzene rings is 1. The first-order chi connectivity index (χ1) is 9.99. The number of likely N-dealkylation sites (N-methyl/N-ethyl adjacent to an activating group) is 1. The quantitative estimate of drug-likeness (QED) is 0.826. The van der Waals surface area contributed by atoms with Crippen LogP contribution >= 0.6 is 12.2 Å². The summed E-state index contributed by atoms with van der Waals surface area (Å²) in [6, 6.07) is 10.5. The summed E-state index contributed by atoms with van der Waals surface area (Å²) < 4.78 is 2.87. The summed E-state index contributed by atoms with van der Waals surface area (Å²) in [5, 5.41) is 7.41. The van der Waals surface area contributed by atoms with E-state index in [0.29, 0.717) is 16.7 Å². The lowest BCUT2D eigenvalue weighted by Gasteiger charge is -2.25. The van der Waals surface area contributed by atoms with Gasteiger partial charge in [0.1, 0.15) is 0 Å². The summed E-state index contributed by atoms with van der Waals surface area (Å²) in [6.45, 7) is 5.44. The maximum absolute atomic E-state index is 5.48. The Hall–Kier alpha value is -1.46. The Morgan fingerprint density at radius 1 is 1.24 bits per heavy atom. The van der Waals surface area contributed by atoms with E-state index in [9.17, 15) is 0 Å². The maximum atomic E-state index is 5.48. The summed E-state index contributed by atoms with van der Waals surface area (Å²) in [4.78, 5) is 2.20. The molecule has 2 aromatic rings. The third kappa shape index (κ3) is 4.02. The normalized spacial score (nSPS) is 13.0. The number of rotatable bonds is 6. The van der Waals surface area contributed by atoms with Crippen molar-refractivity contribution in [2.24, 2.45) is 5.92 Å². The number of nitrogens with one attached hydrogen (secondary N) is 1. The Labute approximate surface area is 131 Å². The Bertz CT molecular complexity index is 603. The van der Waals surface area contributed by atoms with Gasteiger partial charge in [0.15, 0.2) is 10.6 Å². The Morgan fingerprint density at radius 2 is 1.90 bits per heavy atom. The molecule has 0 spiro atoms. The molecule has 114 valence electrons. The largest absolute Gasteiger partial charge is 0.307 e. The molecule has 0 fully saturated rings. The van der Waals surface area contributed by atoms with Gasteiger partial charge < -0.3 is 4.90 Å². The highest BCUT2D eigenvalue weighted by atomic mass is 32.1. The van der Waals surface area contributed by atoms with Crippen molar-refractivity contribution in [1.82, 2.24) is 19.7 Å². The third-order valence-electron chi connectivity index (χ3n) is 3.42. The van der Waals surface area contributed by atoms with Crippen LogP contribution in [0.5, 0.6) is 0 Å². The number of H-pyrrole nitrogens is 1. The van der Waals surface area contributed by atoms with Crippen molar-refractivity contribution in [3.8, 4) is 11.4 Å². The van der Waals surface area contributed by atoms with Crippen molar-refractivity contribution < 1.29 is 0 Å². The van der Waals surface area contributed by atoms with Gasteiger partial charge >= 0.3 is 0 Å². The second-order valence-corrected chi connectivity index (χ2v) is 6.52. The molecule has 0 radical (unpaired) electrons. The lowest BCUT2D eigenvalue weighted by molar-refractivity contribution is 0.288. The molecule has 1 heterocycles. The van der Waals surface area contributed by atoms with Crippen LogP contribution in [0.15, 0.2) is 30.3 Å². The van der Waals surface area contributed by atoms with Crippen molar-refractivity contribution >= 4 is 12.2 Å². The van der Waals surface area contributed by atoms with E-state index in [4.69, 9.17) is 12.2 Å². The van der Waals surface area contributed by atoms with E-state index in [-0.39, 0.29) is 0 Å². The fourth-order valence-electron chi connectivity index (χ4n) is 2.66. The Kier molecular flexibility index (Phi) is 5.31. The van der Waals surface area contributed by atoms with Gasteiger partial charge in [-0.1, -0.05) is 44.2 Å². The molecule has 0 aliphatic heterocycles. The van der Waals surface area contributed by atoms with Crippen molar-refractivity contribution in [1.29, 1.82) is 0 Å². The van der Waals surface area contributed by atoms with E-state index in [2.05, 4.69) is 59.7 Å². The molecule has 4 nitrogen and oxygen atoms in total. The van der Waals surface area contributed by atoms with Gasteiger partial charge in [-0.15, -0.1) is 0 Å². The van der Waals surface area contributed by atoms with Crippen LogP contribution in [-0.2, 0) is 0 Å². The van der Waals surface area contributed by atoms with Crippen LogP contribution in [0.2, 0.25) is 0 Å². The molecule has 0 amide bonds. The summed E-state index contributed by atoms with van der Waals surface area (Å²) in [5.74, 6) is 1.53. The zero-order valence-corrected chi connectivity index (χ0v) is 14.0. The first-order valence-electron chi connectivity index (χ1n) is 7.36. The van der Waals surface area contributed by atoms with E-state index in [1.54, 1.807) is 0 Å². The van der Waals surface area contributed by atoms with Gasteiger partial charge in [-0.25, -0.2) is 0 Å². The lowest BCUT2D eigenvalue weighted by Crippen LogP contribution is -2.26. The van der Waals surface area contributed by atoms with Gasteiger partial charge in [0.25, 0.3) is 0 Å². The number of nitrogens with zero attached hydrogens (tertiary/aromatic N) is 3. The number of hydrogen-bond acceptors (Lipinski definition) is 3. The standard InChI is InChI=1S/C16H24N4S/c1-12(2)10-14(11-19(3)4)20-15(17-18-16(20)21)13-8-6-5-7-9-13/h5-9,12,14H,10-11H2,1-4H3,(H,18,21). The SMILES string of the molecule is CC(C)CC(CN(C)C)n1c(-c2ccccc2)n[nH]c1=S. The van der Waals surface area contributed by atoms with E-state index >= 15 is 0 Å². The molecule has 1 N–H and O–H groups in total. The van der Waals surface area contributed by atoms with Gasteiger partial charge in [-0.05, 0) is 38.7 Å². The molecular formula is C16H24N4S. The second-order valence-electron chi connectivity index (χ2n) is 6.13. The van der Waals surface area contributed by atoms with E-state index in [1.807, 2.05) is 18.2 Å². The third-order valence-corrected chi connectivity index (χ3v) is 3.71. The number of aromatic amines is 1. The summed E-state index contributed by atoms with van der Waals surface area (Å²) in [7, 11) is 4.19. The van der Waals surface area contributed by atoms with Gasteiger partial charge in [-0.2, -0.15) is 5.10 Å². The smallest absolute Gasteiger partial charge is 0.195 e. The van der Waals surface area contributed by atoms with Gasteiger partial charge in [-0.3, -0.25) is 9.67 Å². The van der Waals surface area contributed by atoms with Crippen LogP contribution < -0.4 is 0 Å². The van der Waals surface area contributed by atoms with Crippen LogP contribution in [0.25, 0.3) is 11.4 Å². The molecule has 1 aromatic carbocycles. The zero-order chi connectivity index (χ0) is 15.4. The van der Waals surface area contributed by atoms with E-state index < -0.39 is 0 Å². The maximum Gasteiger partial charge on any atom is 0.195 e. The topological polar surface area (TPSA) is 36.9 Å². The van der Waals surface area contributed by atoms with Gasteiger partial charge in [0.05, 0.1) is 6.04 Å². The minimum atomic E-state index is 0.321. The number of aromatic nitrogens is 3. The van der Waals surface area contributed by atoms with Gasteiger partial charge in [0, 0.05) is 12.1 Å². The molecule has 2 rings (SSSR count). The molecule has 0 saturated carbocycles.